The number of fused-ring (bicyclic) bond motifs is 8. The van der Waals surface area contributed by atoms with Crippen molar-refractivity contribution >= 4 is 74.1 Å². The van der Waals surface area contributed by atoms with Crippen molar-refractivity contribution in [2.24, 2.45) is 0 Å². The molecule has 3 aromatic carbocycles. The van der Waals surface area contributed by atoms with E-state index >= 15 is 17.6 Å². The summed E-state index contributed by atoms with van der Waals surface area (Å²) in [5.74, 6) is -2.99. The van der Waals surface area contributed by atoms with Crippen molar-refractivity contribution in [3.8, 4) is 40.3 Å². The minimum atomic E-state index is -1.54. The van der Waals surface area contributed by atoms with Crippen LogP contribution < -0.4 is 4.74 Å². The fourth-order valence-corrected chi connectivity index (χ4v) is 7.15. The van der Waals surface area contributed by atoms with Gasteiger partial charge in [-0.1, -0.05) is 45.7 Å². The van der Waals surface area contributed by atoms with Crippen molar-refractivity contribution in [1.82, 2.24) is 19.9 Å². The molecule has 2 aliphatic rings. The lowest BCUT2D eigenvalue weighted by Crippen LogP contribution is -2.04. The smallest absolute Gasteiger partial charge is 0.176 e. The number of ether oxygens (including phenoxy) is 1. The van der Waals surface area contributed by atoms with Gasteiger partial charge >= 0.3 is 0 Å². The van der Waals surface area contributed by atoms with Crippen LogP contribution in [-0.2, 0) is 0 Å². The molecule has 52 heavy (non-hydrogen) atoms. The summed E-state index contributed by atoms with van der Waals surface area (Å²) in [5.41, 5.74) is 4.73. The second kappa shape index (κ2) is 13.7. The molecule has 2 aliphatic heterocycles. The topological polar surface area (TPSA) is 66.6 Å². The Bertz CT molecular complexity index is 2650. The summed E-state index contributed by atoms with van der Waals surface area (Å²) in [6, 6.07) is 24.6. The van der Waals surface area contributed by atoms with Crippen LogP contribution in [0.25, 0.3) is 68.6 Å². The lowest BCUT2D eigenvalue weighted by Gasteiger charge is -2.13. The van der Waals surface area contributed by atoms with E-state index in [1.807, 2.05) is 48.6 Å². The van der Waals surface area contributed by atoms with E-state index in [1.54, 1.807) is 60.7 Å². The molecule has 5 nitrogen and oxygen atoms in total. The molecule has 11 heteroatoms. The number of aromatic amines is 2. The normalized spacial score (nSPS) is 11.9. The first-order valence-electron chi connectivity index (χ1n) is 15.8. The van der Waals surface area contributed by atoms with Crippen LogP contribution in [0.1, 0.15) is 22.8 Å². The van der Waals surface area contributed by atoms with Gasteiger partial charge in [0.1, 0.15) is 12.4 Å². The van der Waals surface area contributed by atoms with Crippen LogP contribution in [0.2, 0.25) is 0 Å². The first-order valence-corrected chi connectivity index (χ1v) is 17.4. The third-order valence-corrected chi connectivity index (χ3v) is 9.97. The second-order valence-corrected chi connectivity index (χ2v) is 13.7. The minimum absolute atomic E-state index is 0.108. The molecule has 0 unspecified atom stereocenters. The molecule has 254 valence electrons. The van der Waals surface area contributed by atoms with Crippen molar-refractivity contribution in [1.29, 1.82) is 0 Å². The average Bonchev–Trinajstić information content (AvgIpc) is 3.98. The lowest BCUT2D eigenvalue weighted by molar-refractivity contribution is 0.370. The number of benzene rings is 3. The Balaban J connectivity index is 1.34. The Morgan fingerprint density at radius 2 is 1.21 bits per heavy atom. The number of nitrogens with zero attached hydrogens (tertiary/aromatic N) is 2. The molecular weight excluding hydrogens is 752 g/mol. The molecule has 8 rings (SSSR count). The van der Waals surface area contributed by atoms with Crippen molar-refractivity contribution < 1.29 is 22.3 Å². The van der Waals surface area contributed by atoms with Crippen LogP contribution in [0.5, 0.6) is 5.75 Å². The van der Waals surface area contributed by atoms with Crippen LogP contribution in [0, 0.1) is 35.6 Å². The fraction of sp³-hybridized carbons (Fsp3) is 0.0244. The van der Waals surface area contributed by atoms with E-state index in [9.17, 15) is 0 Å². The van der Waals surface area contributed by atoms with Gasteiger partial charge in [0.05, 0.1) is 33.2 Å². The molecular formula is C41H23BrF4N4OS. The first kappa shape index (κ1) is 33.3. The summed E-state index contributed by atoms with van der Waals surface area (Å²) in [6.07, 6.45) is 12.3. The number of hydrogen-bond acceptors (Lipinski definition) is 4. The van der Waals surface area contributed by atoms with Gasteiger partial charge in [-0.25, -0.2) is 27.5 Å². The summed E-state index contributed by atoms with van der Waals surface area (Å²) in [6.45, 7) is 0.156. The summed E-state index contributed by atoms with van der Waals surface area (Å²) < 4.78 is 70.0. The SMILES string of the molecule is C#CCOc1ccc(-c2c3nc(cc4ccc([nH]4)c(-c4c(F)c(F)c(Sc5ccc(Br)cc5)c(F)c4F)c4nc(cc5ccc2[nH]5)C=C4)C=C3)cc1. The van der Waals surface area contributed by atoms with E-state index in [2.05, 4.69) is 36.8 Å². The summed E-state index contributed by atoms with van der Waals surface area (Å²) in [7, 11) is 0. The zero-order chi connectivity index (χ0) is 35.9. The van der Waals surface area contributed by atoms with Gasteiger partial charge in [0.2, 0.25) is 0 Å². The standard InChI is InChI=1S/C41H23BrF4N4OS/c1-2-19-51-28-11-3-22(4-12-28)34-30-15-7-24(47-30)20-26-9-17-32(49-26)35(33-18-10-27(50-33)21-25-8-16-31(34)48-25)36-37(43)39(45)41(40(46)38(36)44)52-29-13-5-23(42)6-14-29/h1,3-18,20-21,47,50H,19H2. The number of terminal acetylenes is 1. The van der Waals surface area contributed by atoms with Gasteiger partial charge in [-0.15, -0.1) is 6.42 Å². The van der Waals surface area contributed by atoms with Gasteiger partial charge in [0.25, 0.3) is 0 Å². The third kappa shape index (κ3) is 6.32. The van der Waals surface area contributed by atoms with Crippen LogP contribution in [0.4, 0.5) is 17.6 Å². The van der Waals surface area contributed by atoms with Crippen LogP contribution in [-0.4, -0.2) is 26.5 Å². The Labute approximate surface area is 307 Å². The summed E-state index contributed by atoms with van der Waals surface area (Å²) >= 11 is 3.90. The summed E-state index contributed by atoms with van der Waals surface area (Å²) in [5, 5.41) is 0. The third-order valence-electron chi connectivity index (χ3n) is 8.37. The Morgan fingerprint density at radius 1 is 0.654 bits per heavy atom. The average molecular weight is 776 g/mol. The Hall–Kier alpha value is -5.83. The highest BCUT2D eigenvalue weighted by Crippen LogP contribution is 2.42. The molecule has 5 heterocycles. The molecule has 0 radical (unpaired) electrons. The Kier molecular flexibility index (Phi) is 8.79. The predicted octanol–water partition coefficient (Wildman–Crippen LogP) is 11.5. The molecule has 0 atom stereocenters. The maximum Gasteiger partial charge on any atom is 0.176 e. The molecule has 2 N–H and O–H groups in total. The number of hydrogen-bond donors (Lipinski definition) is 2. The quantitative estimate of drug-likeness (QED) is 0.100. The molecule has 0 amide bonds. The predicted molar refractivity (Wildman–Crippen MR) is 202 cm³/mol. The van der Waals surface area contributed by atoms with E-state index in [0.29, 0.717) is 50.5 Å². The summed E-state index contributed by atoms with van der Waals surface area (Å²) in [4.78, 5) is 15.7. The van der Waals surface area contributed by atoms with Crippen molar-refractivity contribution in [3.63, 3.8) is 0 Å². The zero-order valence-electron chi connectivity index (χ0n) is 26.8. The van der Waals surface area contributed by atoms with Gasteiger partial charge in [-0.3, -0.25) is 0 Å². The highest BCUT2D eigenvalue weighted by molar-refractivity contribution is 9.10. The van der Waals surface area contributed by atoms with Crippen molar-refractivity contribution in [3.05, 3.63) is 135 Å². The number of halogens is 5. The maximum absolute atomic E-state index is 16.1. The first-order chi connectivity index (χ1) is 25.2. The van der Waals surface area contributed by atoms with Crippen LogP contribution in [0.3, 0.4) is 0 Å². The molecule has 0 saturated heterocycles. The van der Waals surface area contributed by atoms with Gasteiger partial charge in [-0.2, -0.15) is 0 Å². The molecule has 0 spiro atoms. The number of rotatable bonds is 6. The van der Waals surface area contributed by atoms with Crippen molar-refractivity contribution in [2.75, 3.05) is 6.61 Å². The van der Waals surface area contributed by atoms with Crippen molar-refractivity contribution in [2.45, 2.75) is 9.79 Å². The van der Waals surface area contributed by atoms with Gasteiger partial charge in [0.15, 0.2) is 23.3 Å². The molecule has 6 aromatic rings. The maximum atomic E-state index is 16.1. The molecule has 8 bridgehead atoms. The van der Waals surface area contributed by atoms with E-state index in [1.165, 1.54) is 0 Å². The zero-order valence-corrected chi connectivity index (χ0v) is 29.2. The molecule has 0 aliphatic carbocycles. The van der Waals surface area contributed by atoms with E-state index in [0.717, 1.165) is 21.1 Å². The minimum Gasteiger partial charge on any atom is -0.481 e. The molecule has 3 aromatic heterocycles. The van der Waals surface area contributed by atoms with E-state index in [-0.39, 0.29) is 23.4 Å². The monoisotopic (exact) mass is 774 g/mol. The number of aromatic nitrogens is 4. The Morgan fingerprint density at radius 3 is 1.79 bits per heavy atom. The van der Waals surface area contributed by atoms with Gasteiger partial charge in [0, 0.05) is 42.6 Å². The highest BCUT2D eigenvalue weighted by Gasteiger charge is 2.29. The van der Waals surface area contributed by atoms with Gasteiger partial charge in [-0.05, 0) is 103 Å². The van der Waals surface area contributed by atoms with Crippen LogP contribution in [0.15, 0.2) is 99.2 Å². The van der Waals surface area contributed by atoms with Crippen LogP contribution >= 0.6 is 27.7 Å². The molecule has 0 fully saturated rings. The second-order valence-electron chi connectivity index (χ2n) is 11.7. The van der Waals surface area contributed by atoms with E-state index < -0.39 is 33.7 Å². The molecule has 0 saturated carbocycles. The number of nitrogens with one attached hydrogen (secondary N) is 2. The largest absolute Gasteiger partial charge is 0.481 e. The fourth-order valence-electron chi connectivity index (χ4n) is 6.02. The lowest BCUT2D eigenvalue weighted by atomic mass is 10.0. The van der Waals surface area contributed by atoms with Gasteiger partial charge < -0.3 is 14.7 Å². The van der Waals surface area contributed by atoms with E-state index in [4.69, 9.17) is 16.1 Å². The highest BCUT2D eigenvalue weighted by atomic mass is 79.9. The number of H-pyrrole nitrogens is 2.